The number of hydrogen-bond donors (Lipinski definition) is 3. The van der Waals surface area contributed by atoms with Crippen LogP contribution in [0.1, 0.15) is 11.4 Å². The smallest absolute Gasteiger partial charge is 0.324 e. The van der Waals surface area contributed by atoms with Crippen molar-refractivity contribution in [1.82, 2.24) is 15.2 Å². The summed E-state index contributed by atoms with van der Waals surface area (Å²) < 4.78 is 1.06. The summed E-state index contributed by atoms with van der Waals surface area (Å²) in [6, 6.07) is 13.9. The van der Waals surface area contributed by atoms with Gasteiger partial charge in [0.15, 0.2) is 0 Å². The van der Waals surface area contributed by atoms with Crippen LogP contribution in [0.3, 0.4) is 0 Å². The second-order valence-corrected chi connectivity index (χ2v) is 7.98. The molecular formula is C22H19N5O4S. The molecule has 4 rings (SSSR count). The molecule has 2 heterocycles. The van der Waals surface area contributed by atoms with Gasteiger partial charge < -0.3 is 16.0 Å². The van der Waals surface area contributed by atoms with Gasteiger partial charge in [-0.25, -0.2) is 9.78 Å². The second kappa shape index (κ2) is 9.40. The van der Waals surface area contributed by atoms with E-state index in [1.54, 1.807) is 30.3 Å². The van der Waals surface area contributed by atoms with E-state index in [4.69, 9.17) is 0 Å². The summed E-state index contributed by atoms with van der Waals surface area (Å²) in [5, 5.41) is 8.59. The summed E-state index contributed by atoms with van der Waals surface area (Å²) in [7, 11) is 0. The van der Waals surface area contributed by atoms with Crippen LogP contribution in [-0.2, 0) is 14.4 Å². The van der Waals surface area contributed by atoms with Gasteiger partial charge in [-0.2, -0.15) is 0 Å². The average Bonchev–Trinajstić information content (AvgIpc) is 3.34. The van der Waals surface area contributed by atoms with Crippen molar-refractivity contribution in [2.24, 2.45) is 0 Å². The zero-order chi connectivity index (χ0) is 22.5. The number of fused-ring (bicyclic) bond motifs is 1. The number of imide groups is 1. The fourth-order valence-corrected chi connectivity index (χ4v) is 3.92. The van der Waals surface area contributed by atoms with Crippen LogP contribution >= 0.6 is 11.3 Å². The van der Waals surface area contributed by atoms with E-state index >= 15 is 0 Å². The molecule has 5 amide bonds. The lowest BCUT2D eigenvalue weighted by Gasteiger charge is -2.12. The number of amides is 5. The molecule has 3 N–H and O–H groups in total. The van der Waals surface area contributed by atoms with Gasteiger partial charge in [-0.05, 0) is 42.5 Å². The van der Waals surface area contributed by atoms with Gasteiger partial charge in [-0.1, -0.05) is 12.1 Å². The Hall–Kier alpha value is -4.05. The SMILES string of the molecule is O=C(/C=C/c1nc2ccccc2s1)Nc1ccc(NC(=O)CCN2C(=O)CNC2=O)cc1. The van der Waals surface area contributed by atoms with Gasteiger partial charge >= 0.3 is 6.03 Å². The highest BCUT2D eigenvalue weighted by molar-refractivity contribution is 7.19. The number of nitrogens with one attached hydrogen (secondary N) is 3. The second-order valence-electron chi connectivity index (χ2n) is 6.92. The Balaban J connectivity index is 1.26. The number of hydrogen-bond acceptors (Lipinski definition) is 6. The van der Waals surface area contributed by atoms with E-state index in [0.29, 0.717) is 11.4 Å². The molecule has 9 nitrogen and oxygen atoms in total. The summed E-state index contributed by atoms with van der Waals surface area (Å²) in [5.74, 6) is -0.970. The Morgan fingerprint density at radius 3 is 2.47 bits per heavy atom. The van der Waals surface area contributed by atoms with Gasteiger partial charge in [-0.15, -0.1) is 11.3 Å². The molecule has 1 aromatic heterocycles. The molecule has 0 aliphatic carbocycles. The van der Waals surface area contributed by atoms with Crippen LogP contribution in [0.2, 0.25) is 0 Å². The fraction of sp³-hybridized carbons (Fsp3) is 0.136. The average molecular weight is 449 g/mol. The number of rotatable bonds is 7. The van der Waals surface area contributed by atoms with Crippen molar-refractivity contribution in [1.29, 1.82) is 0 Å². The predicted octanol–water partition coefficient (Wildman–Crippen LogP) is 2.83. The third-order valence-electron chi connectivity index (χ3n) is 4.62. The quantitative estimate of drug-likeness (QED) is 0.378. The van der Waals surface area contributed by atoms with Gasteiger partial charge in [0, 0.05) is 30.4 Å². The number of para-hydroxylation sites is 1. The van der Waals surface area contributed by atoms with E-state index in [1.165, 1.54) is 17.4 Å². The molecule has 1 aliphatic heterocycles. The van der Waals surface area contributed by atoms with Crippen LogP contribution in [0.15, 0.2) is 54.6 Å². The van der Waals surface area contributed by atoms with Gasteiger partial charge in [0.05, 0.1) is 16.8 Å². The molecule has 1 fully saturated rings. The van der Waals surface area contributed by atoms with E-state index in [-0.39, 0.29) is 37.2 Å². The standard InChI is InChI=1S/C22H19N5O4S/c28-18(9-10-20-26-16-3-1-2-4-17(16)32-20)24-14-5-7-15(8-6-14)25-19(29)11-12-27-21(30)13-23-22(27)31/h1-10H,11-13H2,(H,23,31)(H,24,28)(H,25,29)/b10-9+. The van der Waals surface area contributed by atoms with Crippen LogP contribution in [0.25, 0.3) is 16.3 Å². The summed E-state index contributed by atoms with van der Waals surface area (Å²) in [5.41, 5.74) is 2.00. The molecule has 3 aromatic rings. The van der Waals surface area contributed by atoms with Crippen LogP contribution in [0.5, 0.6) is 0 Å². The Labute approximate surface area is 187 Å². The van der Waals surface area contributed by atoms with E-state index < -0.39 is 6.03 Å². The maximum Gasteiger partial charge on any atom is 0.324 e. The van der Waals surface area contributed by atoms with Gasteiger partial charge in [0.25, 0.3) is 0 Å². The number of thiazole rings is 1. The highest BCUT2D eigenvalue weighted by Gasteiger charge is 2.28. The highest BCUT2D eigenvalue weighted by atomic mass is 32.1. The summed E-state index contributed by atoms with van der Waals surface area (Å²) in [4.78, 5) is 52.7. The first-order valence-corrected chi connectivity index (χ1v) is 10.6. The number of aromatic nitrogens is 1. The molecule has 2 aromatic carbocycles. The van der Waals surface area contributed by atoms with Crippen molar-refractivity contribution in [3.05, 3.63) is 59.6 Å². The number of urea groups is 1. The Bertz CT molecular complexity index is 1170. The molecule has 0 spiro atoms. The molecule has 0 unspecified atom stereocenters. The number of anilines is 2. The number of carbonyl (C=O) groups excluding carboxylic acids is 4. The van der Waals surface area contributed by atoms with Crippen molar-refractivity contribution in [3.63, 3.8) is 0 Å². The third-order valence-corrected chi connectivity index (χ3v) is 5.63. The molecule has 1 aliphatic rings. The van der Waals surface area contributed by atoms with Crippen molar-refractivity contribution >= 4 is 62.8 Å². The van der Waals surface area contributed by atoms with E-state index in [2.05, 4.69) is 20.9 Å². The van der Waals surface area contributed by atoms with Crippen LogP contribution < -0.4 is 16.0 Å². The molecule has 10 heteroatoms. The van der Waals surface area contributed by atoms with Crippen LogP contribution in [0.4, 0.5) is 16.2 Å². The first kappa shape index (κ1) is 21.2. The van der Waals surface area contributed by atoms with E-state index in [0.717, 1.165) is 20.1 Å². The summed E-state index contributed by atoms with van der Waals surface area (Å²) in [6.07, 6.45) is 3.08. The lowest BCUT2D eigenvalue weighted by atomic mass is 10.2. The Morgan fingerprint density at radius 2 is 1.78 bits per heavy atom. The fourth-order valence-electron chi connectivity index (χ4n) is 3.05. The molecule has 0 radical (unpaired) electrons. The molecular weight excluding hydrogens is 430 g/mol. The molecule has 162 valence electrons. The van der Waals surface area contributed by atoms with Crippen LogP contribution in [-0.4, -0.2) is 46.7 Å². The van der Waals surface area contributed by atoms with Crippen molar-refractivity contribution < 1.29 is 19.2 Å². The largest absolute Gasteiger partial charge is 0.329 e. The minimum absolute atomic E-state index is 0.00575. The lowest BCUT2D eigenvalue weighted by molar-refractivity contribution is -0.125. The Morgan fingerprint density at radius 1 is 1.06 bits per heavy atom. The van der Waals surface area contributed by atoms with E-state index in [9.17, 15) is 19.2 Å². The van der Waals surface area contributed by atoms with Crippen LogP contribution in [0, 0.1) is 0 Å². The first-order valence-electron chi connectivity index (χ1n) is 9.81. The molecule has 1 saturated heterocycles. The Kier molecular flexibility index (Phi) is 6.22. The maximum absolute atomic E-state index is 12.2. The summed E-state index contributed by atoms with van der Waals surface area (Å²) >= 11 is 1.50. The lowest BCUT2D eigenvalue weighted by Crippen LogP contribution is -2.33. The number of nitrogens with zero attached hydrogens (tertiary/aromatic N) is 2. The van der Waals surface area contributed by atoms with Crippen molar-refractivity contribution in [2.75, 3.05) is 23.7 Å². The van der Waals surface area contributed by atoms with E-state index in [1.807, 2.05) is 24.3 Å². The zero-order valence-corrected chi connectivity index (χ0v) is 17.6. The monoisotopic (exact) mass is 449 g/mol. The predicted molar refractivity (Wildman–Crippen MR) is 122 cm³/mol. The first-order chi connectivity index (χ1) is 15.5. The van der Waals surface area contributed by atoms with Crippen molar-refractivity contribution in [3.8, 4) is 0 Å². The zero-order valence-electron chi connectivity index (χ0n) is 16.8. The molecule has 0 saturated carbocycles. The minimum atomic E-state index is -0.486. The maximum atomic E-state index is 12.2. The normalized spacial score (nSPS) is 13.6. The molecule has 0 bridgehead atoms. The molecule has 0 atom stereocenters. The topological polar surface area (TPSA) is 120 Å². The minimum Gasteiger partial charge on any atom is -0.329 e. The summed E-state index contributed by atoms with van der Waals surface area (Å²) in [6.45, 7) is -0.0188. The van der Waals surface area contributed by atoms with Gasteiger partial charge in [0.2, 0.25) is 17.7 Å². The number of carbonyl (C=O) groups is 4. The number of benzene rings is 2. The molecule has 32 heavy (non-hydrogen) atoms. The van der Waals surface area contributed by atoms with Crippen molar-refractivity contribution in [2.45, 2.75) is 6.42 Å². The van der Waals surface area contributed by atoms with Gasteiger partial charge in [-0.3, -0.25) is 19.3 Å². The highest BCUT2D eigenvalue weighted by Crippen LogP contribution is 2.22. The van der Waals surface area contributed by atoms with Gasteiger partial charge in [0.1, 0.15) is 5.01 Å². The third kappa shape index (κ3) is 5.16.